The number of carbonyl (C=O) groups is 2. The van der Waals surface area contributed by atoms with Gasteiger partial charge in [-0.2, -0.15) is 0 Å². The summed E-state index contributed by atoms with van der Waals surface area (Å²) in [6.45, 7) is 5.22. The Labute approximate surface area is 152 Å². The lowest BCUT2D eigenvalue weighted by Gasteiger charge is -2.16. The topological polar surface area (TPSA) is 86.6 Å². The number of hydrogen-bond donors (Lipinski definition) is 3. The van der Waals surface area contributed by atoms with Crippen molar-refractivity contribution in [2.24, 2.45) is 5.92 Å². The second-order valence-electron chi connectivity index (χ2n) is 6.72. The second-order valence-corrected chi connectivity index (χ2v) is 6.72. The SMILES string of the molecule is Cc1c(C2=CC(O)c3ccccc32)ccc(NC(=O)C(C)C)c1C(=O)O. The number of anilines is 1. The Morgan fingerprint density at radius 3 is 2.42 bits per heavy atom. The maximum absolute atomic E-state index is 12.0. The van der Waals surface area contributed by atoms with Gasteiger partial charge in [-0.1, -0.05) is 44.2 Å². The van der Waals surface area contributed by atoms with Gasteiger partial charge in [0.25, 0.3) is 0 Å². The maximum atomic E-state index is 12.0. The number of rotatable bonds is 4. The van der Waals surface area contributed by atoms with Crippen LogP contribution in [0.2, 0.25) is 0 Å². The Bertz CT molecular complexity index is 928. The number of aliphatic hydroxyl groups excluding tert-OH is 1. The van der Waals surface area contributed by atoms with Gasteiger partial charge in [-0.15, -0.1) is 0 Å². The summed E-state index contributed by atoms with van der Waals surface area (Å²) in [5, 5.41) is 22.6. The van der Waals surface area contributed by atoms with Crippen LogP contribution in [0, 0.1) is 12.8 Å². The Morgan fingerprint density at radius 1 is 1.08 bits per heavy atom. The van der Waals surface area contributed by atoms with Crippen molar-refractivity contribution in [1.29, 1.82) is 0 Å². The molecular weight excluding hydrogens is 330 g/mol. The first-order valence-electron chi connectivity index (χ1n) is 8.48. The number of carboxylic acids is 1. The van der Waals surface area contributed by atoms with E-state index in [4.69, 9.17) is 0 Å². The summed E-state index contributed by atoms with van der Waals surface area (Å²) in [7, 11) is 0. The van der Waals surface area contributed by atoms with Gasteiger partial charge in [0.05, 0.1) is 17.4 Å². The molecule has 134 valence electrons. The molecule has 0 bridgehead atoms. The standard InChI is InChI=1S/C21H21NO4/c1-11(2)20(24)22-17-9-8-13(12(3)19(17)21(25)26)16-10-18(23)15-7-5-4-6-14(15)16/h4-11,18,23H,1-3H3,(H,22,24)(H,25,26). The van der Waals surface area contributed by atoms with E-state index in [1.807, 2.05) is 24.3 Å². The molecule has 3 N–H and O–H groups in total. The first-order valence-corrected chi connectivity index (χ1v) is 8.48. The van der Waals surface area contributed by atoms with Crippen molar-refractivity contribution in [1.82, 2.24) is 0 Å². The molecule has 2 aromatic rings. The number of hydrogen-bond acceptors (Lipinski definition) is 3. The van der Waals surface area contributed by atoms with Crippen molar-refractivity contribution >= 4 is 23.1 Å². The number of amides is 1. The van der Waals surface area contributed by atoms with Crippen LogP contribution in [0.3, 0.4) is 0 Å². The molecule has 26 heavy (non-hydrogen) atoms. The van der Waals surface area contributed by atoms with E-state index in [1.54, 1.807) is 39.0 Å². The highest BCUT2D eigenvalue weighted by Crippen LogP contribution is 2.40. The van der Waals surface area contributed by atoms with Crippen LogP contribution >= 0.6 is 0 Å². The van der Waals surface area contributed by atoms with Gasteiger partial charge in [-0.05, 0) is 46.9 Å². The van der Waals surface area contributed by atoms with E-state index >= 15 is 0 Å². The predicted molar refractivity (Wildman–Crippen MR) is 100 cm³/mol. The second kappa shape index (κ2) is 6.77. The average Bonchev–Trinajstić information content (AvgIpc) is 2.92. The lowest BCUT2D eigenvalue weighted by Crippen LogP contribution is -2.20. The summed E-state index contributed by atoms with van der Waals surface area (Å²) in [4.78, 5) is 23.8. The molecule has 1 amide bonds. The van der Waals surface area contributed by atoms with Crippen molar-refractivity contribution in [2.75, 3.05) is 5.32 Å². The Kier molecular flexibility index (Phi) is 4.66. The van der Waals surface area contributed by atoms with E-state index in [0.717, 1.165) is 22.3 Å². The number of nitrogens with one attached hydrogen (secondary N) is 1. The van der Waals surface area contributed by atoms with Gasteiger partial charge in [0.15, 0.2) is 0 Å². The monoisotopic (exact) mass is 351 g/mol. The van der Waals surface area contributed by atoms with E-state index in [0.29, 0.717) is 5.56 Å². The van der Waals surface area contributed by atoms with Gasteiger partial charge in [0, 0.05) is 5.92 Å². The highest BCUT2D eigenvalue weighted by Gasteiger charge is 2.26. The third-order valence-corrected chi connectivity index (χ3v) is 4.65. The number of benzene rings is 2. The van der Waals surface area contributed by atoms with Gasteiger partial charge in [-0.3, -0.25) is 4.79 Å². The largest absolute Gasteiger partial charge is 0.478 e. The smallest absolute Gasteiger partial charge is 0.338 e. The zero-order chi connectivity index (χ0) is 19.0. The summed E-state index contributed by atoms with van der Waals surface area (Å²) in [6.07, 6.45) is 1.01. The van der Waals surface area contributed by atoms with Gasteiger partial charge in [0.2, 0.25) is 5.91 Å². The summed E-state index contributed by atoms with van der Waals surface area (Å²) < 4.78 is 0. The van der Waals surface area contributed by atoms with Crippen LogP contribution in [0.25, 0.3) is 5.57 Å². The summed E-state index contributed by atoms with van der Waals surface area (Å²) in [5.74, 6) is -1.59. The predicted octanol–water partition coefficient (Wildman–Crippen LogP) is 3.77. The molecule has 0 spiro atoms. The Balaban J connectivity index is 2.11. The van der Waals surface area contributed by atoms with Crippen LogP contribution < -0.4 is 5.32 Å². The number of aliphatic hydroxyl groups is 1. The molecule has 0 saturated carbocycles. The molecule has 3 rings (SSSR count). The average molecular weight is 351 g/mol. The fraction of sp³-hybridized carbons (Fsp3) is 0.238. The van der Waals surface area contributed by atoms with Crippen LogP contribution in [0.4, 0.5) is 5.69 Å². The van der Waals surface area contributed by atoms with Crippen LogP contribution in [0.1, 0.15) is 52.6 Å². The first-order chi connectivity index (χ1) is 12.3. The lowest BCUT2D eigenvalue weighted by molar-refractivity contribution is -0.118. The van der Waals surface area contributed by atoms with Gasteiger partial charge < -0.3 is 15.5 Å². The molecule has 5 nitrogen and oxygen atoms in total. The van der Waals surface area contributed by atoms with Crippen LogP contribution in [-0.2, 0) is 4.79 Å². The summed E-state index contributed by atoms with van der Waals surface area (Å²) in [5.41, 5.74) is 4.12. The third kappa shape index (κ3) is 3.02. The van der Waals surface area contributed by atoms with Gasteiger partial charge >= 0.3 is 5.97 Å². The molecule has 1 aliphatic rings. The van der Waals surface area contributed by atoms with Crippen LogP contribution in [0.5, 0.6) is 0 Å². The summed E-state index contributed by atoms with van der Waals surface area (Å²) in [6, 6.07) is 10.9. The normalized spacial score (nSPS) is 15.6. The quantitative estimate of drug-likeness (QED) is 0.783. The minimum Gasteiger partial charge on any atom is -0.478 e. The molecule has 1 unspecified atom stereocenters. The van der Waals surface area contributed by atoms with Crippen LogP contribution in [0.15, 0.2) is 42.5 Å². The third-order valence-electron chi connectivity index (χ3n) is 4.65. The molecular formula is C21H21NO4. The minimum atomic E-state index is -1.10. The fourth-order valence-electron chi connectivity index (χ4n) is 3.23. The van der Waals surface area contributed by atoms with Crippen molar-refractivity contribution in [3.63, 3.8) is 0 Å². The first kappa shape index (κ1) is 17.9. The molecule has 2 aromatic carbocycles. The highest BCUT2D eigenvalue weighted by molar-refractivity contribution is 6.03. The number of fused-ring (bicyclic) bond motifs is 1. The number of carboxylic acid groups (broad SMARTS) is 1. The van der Waals surface area contributed by atoms with E-state index in [-0.39, 0.29) is 23.1 Å². The molecule has 0 fully saturated rings. The minimum absolute atomic E-state index is 0.0660. The molecule has 0 aliphatic heterocycles. The van der Waals surface area contributed by atoms with E-state index < -0.39 is 12.1 Å². The zero-order valence-corrected chi connectivity index (χ0v) is 14.9. The molecule has 0 radical (unpaired) electrons. The molecule has 1 atom stereocenters. The van der Waals surface area contributed by atoms with Gasteiger partial charge in [0.1, 0.15) is 0 Å². The molecule has 1 aliphatic carbocycles. The summed E-state index contributed by atoms with van der Waals surface area (Å²) >= 11 is 0. The fourth-order valence-corrected chi connectivity index (χ4v) is 3.23. The highest BCUT2D eigenvalue weighted by atomic mass is 16.4. The van der Waals surface area contributed by atoms with Crippen molar-refractivity contribution < 1.29 is 19.8 Å². The Hall–Kier alpha value is -2.92. The van der Waals surface area contributed by atoms with Crippen LogP contribution in [-0.4, -0.2) is 22.1 Å². The van der Waals surface area contributed by atoms with E-state index in [2.05, 4.69) is 5.32 Å². The zero-order valence-electron chi connectivity index (χ0n) is 14.9. The molecule has 5 heteroatoms. The van der Waals surface area contributed by atoms with Crippen molar-refractivity contribution in [3.05, 3.63) is 70.3 Å². The van der Waals surface area contributed by atoms with Crippen molar-refractivity contribution in [2.45, 2.75) is 26.9 Å². The van der Waals surface area contributed by atoms with E-state index in [1.165, 1.54) is 0 Å². The number of aromatic carboxylic acids is 1. The molecule has 0 heterocycles. The van der Waals surface area contributed by atoms with E-state index in [9.17, 15) is 19.8 Å². The molecule has 0 saturated heterocycles. The van der Waals surface area contributed by atoms with Gasteiger partial charge in [-0.25, -0.2) is 4.79 Å². The Morgan fingerprint density at radius 2 is 1.77 bits per heavy atom. The molecule has 0 aromatic heterocycles. The lowest BCUT2D eigenvalue weighted by atomic mass is 9.92. The number of carbonyl (C=O) groups excluding carboxylic acids is 1. The van der Waals surface area contributed by atoms with Crippen molar-refractivity contribution in [3.8, 4) is 0 Å². The maximum Gasteiger partial charge on any atom is 0.338 e.